The van der Waals surface area contributed by atoms with Gasteiger partial charge in [-0.3, -0.25) is 4.90 Å². The molecule has 3 heteroatoms. The summed E-state index contributed by atoms with van der Waals surface area (Å²) in [6, 6.07) is 2.45. The highest BCUT2D eigenvalue weighted by molar-refractivity contribution is 4.97. The molecular weight excluding hydrogens is 186 g/mol. The second-order valence-corrected chi connectivity index (χ2v) is 5.16. The normalized spacial score (nSPS) is 34.9. The molecule has 0 aromatic carbocycles. The monoisotopic (exact) mass is 207 g/mol. The molecule has 2 fully saturated rings. The van der Waals surface area contributed by atoms with E-state index >= 15 is 0 Å². The largest absolute Gasteiger partial charge is 0.316 e. The van der Waals surface area contributed by atoms with Crippen LogP contribution in [0.25, 0.3) is 0 Å². The first-order valence-electron chi connectivity index (χ1n) is 6.10. The van der Waals surface area contributed by atoms with Crippen LogP contribution in [0.2, 0.25) is 0 Å². The lowest BCUT2D eigenvalue weighted by molar-refractivity contribution is 0.0544. The van der Waals surface area contributed by atoms with E-state index < -0.39 is 0 Å². The number of rotatable bonds is 1. The van der Waals surface area contributed by atoms with E-state index in [0.29, 0.717) is 5.41 Å². The number of hydrogen-bond donors (Lipinski definition) is 1. The Labute approximate surface area is 92.4 Å². The number of nitrogens with one attached hydrogen (secondary N) is 1. The molecule has 2 saturated heterocycles. The first-order chi connectivity index (χ1) is 7.26. The highest BCUT2D eigenvalue weighted by atomic mass is 15.2. The minimum Gasteiger partial charge on any atom is -0.316 e. The third-order valence-corrected chi connectivity index (χ3v) is 3.99. The first kappa shape index (κ1) is 10.9. The maximum Gasteiger partial charge on any atom is 0.0949 e. The van der Waals surface area contributed by atoms with E-state index in [1.807, 2.05) is 6.92 Å². The van der Waals surface area contributed by atoms with E-state index in [4.69, 9.17) is 5.26 Å². The zero-order valence-electron chi connectivity index (χ0n) is 9.63. The topological polar surface area (TPSA) is 39.1 Å². The quantitative estimate of drug-likeness (QED) is 0.705. The molecule has 1 N–H and O–H groups in total. The highest BCUT2D eigenvalue weighted by Crippen LogP contribution is 2.36. The second-order valence-electron chi connectivity index (χ2n) is 5.16. The number of hydrogen-bond acceptors (Lipinski definition) is 3. The van der Waals surface area contributed by atoms with Gasteiger partial charge in [0, 0.05) is 13.1 Å². The fourth-order valence-corrected chi connectivity index (χ4v) is 3.04. The van der Waals surface area contributed by atoms with Crippen molar-refractivity contribution in [3.8, 4) is 6.07 Å². The highest BCUT2D eigenvalue weighted by Gasteiger charge is 2.37. The van der Waals surface area contributed by atoms with Gasteiger partial charge in [-0.05, 0) is 51.1 Å². The number of nitriles is 1. The molecule has 0 bridgehead atoms. The molecule has 0 saturated carbocycles. The Morgan fingerprint density at radius 2 is 2.20 bits per heavy atom. The van der Waals surface area contributed by atoms with Crippen LogP contribution in [-0.4, -0.2) is 37.1 Å². The molecule has 1 spiro atoms. The van der Waals surface area contributed by atoms with Crippen molar-refractivity contribution in [1.82, 2.24) is 10.2 Å². The molecular formula is C12H21N3. The fourth-order valence-electron chi connectivity index (χ4n) is 3.04. The summed E-state index contributed by atoms with van der Waals surface area (Å²) >= 11 is 0. The standard InChI is InChI=1S/C12H21N3/c1-11(8-13)15-7-3-5-12(10-15)4-2-6-14-9-12/h11,14H,2-7,9-10H2,1H3. The summed E-state index contributed by atoms with van der Waals surface area (Å²) in [4.78, 5) is 2.36. The molecule has 3 nitrogen and oxygen atoms in total. The smallest absolute Gasteiger partial charge is 0.0949 e. The average Bonchev–Trinajstić information content (AvgIpc) is 2.29. The van der Waals surface area contributed by atoms with Crippen molar-refractivity contribution in [2.75, 3.05) is 26.2 Å². The lowest BCUT2D eigenvalue weighted by Gasteiger charge is -2.46. The maximum absolute atomic E-state index is 8.97. The van der Waals surface area contributed by atoms with Gasteiger partial charge in [-0.1, -0.05) is 0 Å². The molecule has 2 aliphatic heterocycles. The first-order valence-corrected chi connectivity index (χ1v) is 6.10. The molecule has 2 rings (SSSR count). The van der Waals surface area contributed by atoms with Crippen molar-refractivity contribution >= 4 is 0 Å². The Hall–Kier alpha value is -0.590. The minimum atomic E-state index is 0.0871. The van der Waals surface area contributed by atoms with Gasteiger partial charge in [0.25, 0.3) is 0 Å². The number of nitrogens with zero attached hydrogens (tertiary/aromatic N) is 2. The van der Waals surface area contributed by atoms with Gasteiger partial charge in [0.05, 0.1) is 12.1 Å². The molecule has 0 radical (unpaired) electrons. The molecule has 2 atom stereocenters. The molecule has 84 valence electrons. The third kappa shape index (κ3) is 2.32. The fraction of sp³-hybridized carbons (Fsp3) is 0.917. The Balaban J connectivity index is 1.99. The van der Waals surface area contributed by atoms with Crippen LogP contribution in [-0.2, 0) is 0 Å². The van der Waals surface area contributed by atoms with Crippen LogP contribution in [0.5, 0.6) is 0 Å². The van der Waals surface area contributed by atoms with Crippen LogP contribution in [0, 0.1) is 16.7 Å². The zero-order valence-corrected chi connectivity index (χ0v) is 9.63. The third-order valence-electron chi connectivity index (χ3n) is 3.99. The maximum atomic E-state index is 8.97. The molecule has 0 aliphatic carbocycles. The molecule has 0 aromatic heterocycles. The number of likely N-dealkylation sites (tertiary alicyclic amines) is 1. The Bertz CT molecular complexity index is 245. The van der Waals surface area contributed by atoms with Gasteiger partial charge in [-0.25, -0.2) is 0 Å². The van der Waals surface area contributed by atoms with Gasteiger partial charge in [0.1, 0.15) is 0 Å². The van der Waals surface area contributed by atoms with Gasteiger partial charge in [-0.15, -0.1) is 0 Å². The lowest BCUT2D eigenvalue weighted by atomic mass is 9.74. The van der Waals surface area contributed by atoms with E-state index in [2.05, 4.69) is 16.3 Å². The molecule has 0 aromatic rings. The Kier molecular flexibility index (Phi) is 3.28. The van der Waals surface area contributed by atoms with Crippen molar-refractivity contribution in [3.05, 3.63) is 0 Å². The van der Waals surface area contributed by atoms with Gasteiger partial charge in [0.2, 0.25) is 0 Å². The predicted octanol–water partition coefficient (Wildman–Crippen LogP) is 1.36. The second kappa shape index (κ2) is 4.51. The molecule has 2 aliphatic rings. The molecule has 2 unspecified atom stereocenters. The van der Waals surface area contributed by atoms with Crippen molar-refractivity contribution in [1.29, 1.82) is 5.26 Å². The van der Waals surface area contributed by atoms with E-state index in [0.717, 1.165) is 19.6 Å². The van der Waals surface area contributed by atoms with Crippen LogP contribution < -0.4 is 5.32 Å². The van der Waals surface area contributed by atoms with Crippen molar-refractivity contribution in [2.24, 2.45) is 5.41 Å². The summed E-state index contributed by atoms with van der Waals surface area (Å²) in [5.41, 5.74) is 0.474. The Morgan fingerprint density at radius 1 is 1.40 bits per heavy atom. The number of piperidine rings is 2. The van der Waals surface area contributed by atoms with Gasteiger partial charge < -0.3 is 5.32 Å². The lowest BCUT2D eigenvalue weighted by Crippen LogP contribution is -2.52. The van der Waals surface area contributed by atoms with Crippen LogP contribution in [0.4, 0.5) is 0 Å². The summed E-state index contributed by atoms with van der Waals surface area (Å²) < 4.78 is 0. The summed E-state index contributed by atoms with van der Waals surface area (Å²) in [6.45, 7) is 6.58. The summed E-state index contributed by atoms with van der Waals surface area (Å²) in [5.74, 6) is 0. The summed E-state index contributed by atoms with van der Waals surface area (Å²) in [5, 5.41) is 12.5. The molecule has 2 heterocycles. The molecule has 15 heavy (non-hydrogen) atoms. The van der Waals surface area contributed by atoms with Crippen molar-refractivity contribution < 1.29 is 0 Å². The van der Waals surface area contributed by atoms with Crippen LogP contribution in [0.15, 0.2) is 0 Å². The van der Waals surface area contributed by atoms with Gasteiger partial charge in [-0.2, -0.15) is 5.26 Å². The van der Waals surface area contributed by atoms with E-state index in [1.165, 1.54) is 32.2 Å². The van der Waals surface area contributed by atoms with Crippen LogP contribution in [0.1, 0.15) is 32.6 Å². The molecule has 0 amide bonds. The SMILES string of the molecule is CC(C#N)N1CCCC2(CCCNC2)C1. The van der Waals surface area contributed by atoms with Gasteiger partial charge >= 0.3 is 0 Å². The summed E-state index contributed by atoms with van der Waals surface area (Å²) in [7, 11) is 0. The van der Waals surface area contributed by atoms with Crippen LogP contribution >= 0.6 is 0 Å². The average molecular weight is 207 g/mol. The summed E-state index contributed by atoms with van der Waals surface area (Å²) in [6.07, 6.45) is 5.24. The van der Waals surface area contributed by atoms with Crippen LogP contribution in [0.3, 0.4) is 0 Å². The van der Waals surface area contributed by atoms with Gasteiger partial charge in [0.15, 0.2) is 0 Å². The van der Waals surface area contributed by atoms with Crippen molar-refractivity contribution in [2.45, 2.75) is 38.6 Å². The van der Waals surface area contributed by atoms with E-state index in [1.54, 1.807) is 0 Å². The minimum absolute atomic E-state index is 0.0871. The Morgan fingerprint density at radius 3 is 2.87 bits per heavy atom. The zero-order chi connectivity index (χ0) is 10.7. The van der Waals surface area contributed by atoms with Crippen molar-refractivity contribution in [3.63, 3.8) is 0 Å². The van der Waals surface area contributed by atoms with E-state index in [-0.39, 0.29) is 6.04 Å². The van der Waals surface area contributed by atoms with E-state index in [9.17, 15) is 0 Å². The predicted molar refractivity (Wildman–Crippen MR) is 60.4 cm³/mol.